The number of ether oxygens (including phenoxy) is 1. The van der Waals surface area contributed by atoms with E-state index >= 15 is 0 Å². The van der Waals surface area contributed by atoms with Crippen LogP contribution in [-0.4, -0.2) is 62.9 Å². The van der Waals surface area contributed by atoms with E-state index < -0.39 is 15.8 Å². The molecule has 1 atom stereocenters. The van der Waals surface area contributed by atoms with Gasteiger partial charge in [-0.15, -0.1) is 0 Å². The number of halogens is 1. The Labute approximate surface area is 176 Å². The first-order chi connectivity index (χ1) is 14.3. The van der Waals surface area contributed by atoms with Crippen LogP contribution in [0.1, 0.15) is 12.5 Å². The first-order valence-electron chi connectivity index (χ1n) is 9.71. The van der Waals surface area contributed by atoms with Crippen molar-refractivity contribution in [1.82, 2.24) is 14.5 Å². The highest BCUT2D eigenvalue weighted by Gasteiger charge is 2.31. The van der Waals surface area contributed by atoms with Crippen LogP contribution >= 0.6 is 0 Å². The molecule has 1 amide bonds. The minimum Gasteiger partial charge on any atom is -0.497 e. The molecule has 1 heterocycles. The molecule has 0 saturated carbocycles. The summed E-state index contributed by atoms with van der Waals surface area (Å²) < 4.78 is 45.3. The van der Waals surface area contributed by atoms with E-state index in [1.165, 1.54) is 22.5 Å². The molecule has 1 fully saturated rings. The molecule has 1 aliphatic rings. The van der Waals surface area contributed by atoms with Crippen LogP contribution in [0, 0.1) is 5.82 Å². The van der Waals surface area contributed by atoms with Gasteiger partial charge in [-0.3, -0.25) is 9.69 Å². The van der Waals surface area contributed by atoms with Crippen LogP contribution in [0.5, 0.6) is 5.75 Å². The maximum absolute atomic E-state index is 13.4. The molecule has 0 radical (unpaired) electrons. The van der Waals surface area contributed by atoms with E-state index in [1.807, 2.05) is 29.2 Å². The predicted molar refractivity (Wildman–Crippen MR) is 111 cm³/mol. The van der Waals surface area contributed by atoms with Gasteiger partial charge in [0.25, 0.3) is 0 Å². The Hall–Kier alpha value is -2.49. The molecule has 162 valence electrons. The van der Waals surface area contributed by atoms with Gasteiger partial charge in [0.1, 0.15) is 11.6 Å². The van der Waals surface area contributed by atoms with Gasteiger partial charge in [-0.25, -0.2) is 12.8 Å². The standard InChI is InChI=1S/C21H26FN3O4S/c1-16(21(26)23-15-17-6-8-19(29-2)9-7-17)24-10-12-25(13-11-24)30(27,28)20-5-3-4-18(22)14-20/h3-9,14,16H,10-13,15H2,1-2H3,(H,23,26)/t16-/m1/s1. The van der Waals surface area contributed by atoms with Crippen molar-refractivity contribution in [1.29, 1.82) is 0 Å². The van der Waals surface area contributed by atoms with Gasteiger partial charge in [-0.05, 0) is 42.8 Å². The van der Waals surface area contributed by atoms with Crippen molar-refractivity contribution in [2.75, 3.05) is 33.3 Å². The van der Waals surface area contributed by atoms with Gasteiger partial charge in [0.15, 0.2) is 0 Å². The van der Waals surface area contributed by atoms with E-state index in [-0.39, 0.29) is 29.9 Å². The van der Waals surface area contributed by atoms with Gasteiger partial charge in [0.05, 0.1) is 18.0 Å². The quantitative estimate of drug-likeness (QED) is 0.718. The third-order valence-corrected chi connectivity index (χ3v) is 7.15. The molecule has 0 aromatic heterocycles. The van der Waals surface area contributed by atoms with E-state index in [0.717, 1.165) is 17.4 Å². The number of nitrogens with one attached hydrogen (secondary N) is 1. The van der Waals surface area contributed by atoms with Crippen LogP contribution in [-0.2, 0) is 21.4 Å². The van der Waals surface area contributed by atoms with Crippen LogP contribution in [0.25, 0.3) is 0 Å². The van der Waals surface area contributed by atoms with Gasteiger partial charge >= 0.3 is 0 Å². The van der Waals surface area contributed by atoms with Gasteiger partial charge in [-0.2, -0.15) is 4.31 Å². The van der Waals surface area contributed by atoms with Gasteiger partial charge in [-0.1, -0.05) is 18.2 Å². The van der Waals surface area contributed by atoms with Crippen molar-refractivity contribution in [2.24, 2.45) is 0 Å². The molecule has 2 aromatic carbocycles. The molecule has 0 aliphatic carbocycles. The largest absolute Gasteiger partial charge is 0.497 e. The molecule has 2 aromatic rings. The Kier molecular flexibility index (Phi) is 7.06. The number of methoxy groups -OCH3 is 1. The number of carbonyl (C=O) groups excluding carboxylic acids is 1. The number of hydrogen-bond donors (Lipinski definition) is 1. The number of rotatable bonds is 7. The molecule has 0 bridgehead atoms. The Morgan fingerprint density at radius 3 is 2.40 bits per heavy atom. The van der Waals surface area contributed by atoms with Crippen molar-refractivity contribution in [2.45, 2.75) is 24.4 Å². The van der Waals surface area contributed by atoms with Crippen molar-refractivity contribution in [3.8, 4) is 5.75 Å². The zero-order valence-electron chi connectivity index (χ0n) is 17.0. The molecule has 30 heavy (non-hydrogen) atoms. The van der Waals surface area contributed by atoms with Crippen LogP contribution < -0.4 is 10.1 Å². The number of nitrogens with zero attached hydrogens (tertiary/aromatic N) is 2. The zero-order chi connectivity index (χ0) is 21.7. The second-order valence-electron chi connectivity index (χ2n) is 7.14. The van der Waals surface area contributed by atoms with Crippen LogP contribution in [0.3, 0.4) is 0 Å². The Bertz CT molecular complexity index is 974. The smallest absolute Gasteiger partial charge is 0.243 e. The lowest BCUT2D eigenvalue weighted by atomic mass is 10.2. The first-order valence-corrected chi connectivity index (χ1v) is 11.2. The third kappa shape index (κ3) is 5.16. The fourth-order valence-corrected chi connectivity index (χ4v) is 4.81. The van der Waals surface area contributed by atoms with E-state index in [4.69, 9.17) is 4.74 Å². The normalized spacial score (nSPS) is 16.8. The van der Waals surface area contributed by atoms with E-state index in [2.05, 4.69) is 5.32 Å². The molecule has 0 spiro atoms. The van der Waals surface area contributed by atoms with Crippen molar-refractivity contribution in [3.05, 3.63) is 59.9 Å². The Morgan fingerprint density at radius 2 is 1.80 bits per heavy atom. The van der Waals surface area contributed by atoms with E-state index in [1.54, 1.807) is 14.0 Å². The van der Waals surface area contributed by atoms with E-state index in [0.29, 0.717) is 19.6 Å². The monoisotopic (exact) mass is 435 g/mol. The SMILES string of the molecule is COc1ccc(CNC(=O)[C@@H](C)N2CCN(S(=O)(=O)c3cccc(F)c3)CC2)cc1. The lowest BCUT2D eigenvalue weighted by Crippen LogP contribution is -2.54. The molecular weight excluding hydrogens is 409 g/mol. The van der Waals surface area contributed by atoms with Crippen LogP contribution in [0.4, 0.5) is 4.39 Å². The lowest BCUT2D eigenvalue weighted by Gasteiger charge is -2.36. The highest BCUT2D eigenvalue weighted by molar-refractivity contribution is 7.89. The summed E-state index contributed by atoms with van der Waals surface area (Å²) in [5, 5.41) is 2.91. The fourth-order valence-electron chi connectivity index (χ4n) is 3.35. The highest BCUT2D eigenvalue weighted by Crippen LogP contribution is 2.19. The maximum atomic E-state index is 13.4. The number of piperazine rings is 1. The second kappa shape index (κ2) is 9.55. The number of sulfonamides is 1. The zero-order valence-corrected chi connectivity index (χ0v) is 17.9. The van der Waals surface area contributed by atoms with Gasteiger partial charge in [0.2, 0.25) is 15.9 Å². The minimum absolute atomic E-state index is 0.0544. The van der Waals surface area contributed by atoms with E-state index in [9.17, 15) is 17.6 Å². The van der Waals surface area contributed by atoms with Gasteiger partial charge < -0.3 is 10.1 Å². The molecule has 9 heteroatoms. The summed E-state index contributed by atoms with van der Waals surface area (Å²) in [5.74, 6) is 0.0497. The topological polar surface area (TPSA) is 79.0 Å². The molecule has 3 rings (SSSR count). The van der Waals surface area contributed by atoms with Crippen molar-refractivity contribution in [3.63, 3.8) is 0 Å². The Morgan fingerprint density at radius 1 is 1.13 bits per heavy atom. The number of benzene rings is 2. The summed E-state index contributed by atoms with van der Waals surface area (Å²) >= 11 is 0. The predicted octanol–water partition coefficient (Wildman–Crippen LogP) is 1.85. The van der Waals surface area contributed by atoms with Gasteiger partial charge in [0, 0.05) is 32.7 Å². The summed E-state index contributed by atoms with van der Waals surface area (Å²) in [4.78, 5) is 14.4. The first kappa shape index (κ1) is 22.2. The summed E-state index contributed by atoms with van der Waals surface area (Å²) in [5.41, 5.74) is 0.961. The summed E-state index contributed by atoms with van der Waals surface area (Å²) in [7, 11) is -2.15. The summed E-state index contributed by atoms with van der Waals surface area (Å²) in [6, 6.07) is 12.1. The Balaban J connectivity index is 1.52. The van der Waals surface area contributed by atoms with Crippen molar-refractivity contribution < 1.29 is 22.3 Å². The molecule has 0 unspecified atom stereocenters. The maximum Gasteiger partial charge on any atom is 0.243 e. The fraction of sp³-hybridized carbons (Fsp3) is 0.381. The summed E-state index contributed by atoms with van der Waals surface area (Å²) in [6.07, 6.45) is 0. The number of amides is 1. The second-order valence-corrected chi connectivity index (χ2v) is 9.08. The average molecular weight is 436 g/mol. The molecule has 1 aliphatic heterocycles. The third-order valence-electron chi connectivity index (χ3n) is 5.26. The average Bonchev–Trinajstić information content (AvgIpc) is 2.77. The summed E-state index contributed by atoms with van der Waals surface area (Å²) in [6.45, 7) is 3.54. The number of carbonyl (C=O) groups is 1. The van der Waals surface area contributed by atoms with Crippen LogP contribution in [0.2, 0.25) is 0 Å². The highest BCUT2D eigenvalue weighted by atomic mass is 32.2. The van der Waals surface area contributed by atoms with Crippen LogP contribution in [0.15, 0.2) is 53.4 Å². The number of hydrogen-bond acceptors (Lipinski definition) is 5. The molecule has 1 N–H and O–H groups in total. The van der Waals surface area contributed by atoms with Crippen molar-refractivity contribution >= 4 is 15.9 Å². The minimum atomic E-state index is -3.75. The lowest BCUT2D eigenvalue weighted by molar-refractivity contribution is -0.126. The molecule has 7 nitrogen and oxygen atoms in total. The molecule has 1 saturated heterocycles. The molecular formula is C21H26FN3O4S.